The van der Waals surface area contributed by atoms with Crippen molar-refractivity contribution in [2.24, 2.45) is 11.8 Å². The highest BCUT2D eigenvalue weighted by Crippen LogP contribution is 2.36. The zero-order valence-corrected chi connectivity index (χ0v) is 15.6. The van der Waals surface area contributed by atoms with Crippen LogP contribution >= 0.6 is 0 Å². The Bertz CT molecular complexity index is 459. The maximum atomic E-state index is 10.5. The molecule has 1 aliphatic rings. The van der Waals surface area contributed by atoms with Crippen molar-refractivity contribution in [2.45, 2.75) is 82.7 Å². The number of carboxylic acids is 1. The van der Waals surface area contributed by atoms with Gasteiger partial charge in [0.05, 0.1) is 24.4 Å². The lowest BCUT2D eigenvalue weighted by Crippen LogP contribution is -2.20. The lowest BCUT2D eigenvalue weighted by molar-refractivity contribution is -0.137. The maximum absolute atomic E-state index is 10.5. The molecule has 0 amide bonds. The predicted molar refractivity (Wildman–Crippen MR) is 99.5 cm³/mol. The van der Waals surface area contributed by atoms with Gasteiger partial charge in [0, 0.05) is 18.8 Å². The topological polar surface area (TPSA) is 118 Å². The zero-order chi connectivity index (χ0) is 19.5. The summed E-state index contributed by atoms with van der Waals surface area (Å²) in [5.41, 5.74) is 0. The van der Waals surface area contributed by atoms with Gasteiger partial charge in [0.1, 0.15) is 0 Å². The van der Waals surface area contributed by atoms with E-state index >= 15 is 0 Å². The second-order valence-corrected chi connectivity index (χ2v) is 7.34. The summed E-state index contributed by atoms with van der Waals surface area (Å²) in [6.07, 6.45) is 9.41. The van der Waals surface area contributed by atoms with E-state index < -0.39 is 24.3 Å². The lowest BCUT2D eigenvalue weighted by Gasteiger charge is -2.19. The van der Waals surface area contributed by atoms with Crippen LogP contribution in [0.2, 0.25) is 0 Å². The third kappa shape index (κ3) is 8.94. The van der Waals surface area contributed by atoms with Crippen molar-refractivity contribution in [2.75, 3.05) is 0 Å². The van der Waals surface area contributed by atoms with Gasteiger partial charge in [-0.25, -0.2) is 0 Å². The van der Waals surface area contributed by atoms with E-state index in [1.54, 1.807) is 19.1 Å². The molecule has 0 heterocycles. The molecule has 0 bridgehead atoms. The number of hydrogen-bond acceptors (Lipinski definition) is 5. The van der Waals surface area contributed by atoms with E-state index in [4.69, 9.17) is 5.11 Å². The highest BCUT2D eigenvalue weighted by atomic mass is 16.4. The first kappa shape index (κ1) is 22.8. The molecule has 1 rings (SSSR count). The highest BCUT2D eigenvalue weighted by molar-refractivity contribution is 5.66. The Kier molecular flexibility index (Phi) is 10.7. The summed E-state index contributed by atoms with van der Waals surface area (Å²) in [7, 11) is 0. The van der Waals surface area contributed by atoms with Gasteiger partial charge >= 0.3 is 5.97 Å². The smallest absolute Gasteiger partial charge is 0.303 e. The number of aliphatic hydroxyl groups is 4. The molecular formula is C20H34O6. The second-order valence-electron chi connectivity index (χ2n) is 7.34. The van der Waals surface area contributed by atoms with Gasteiger partial charge in [-0.05, 0) is 51.4 Å². The molecule has 1 aliphatic carbocycles. The Morgan fingerprint density at radius 2 is 1.85 bits per heavy atom. The zero-order valence-electron chi connectivity index (χ0n) is 15.6. The van der Waals surface area contributed by atoms with Crippen LogP contribution in [0.25, 0.3) is 0 Å². The molecule has 26 heavy (non-hydrogen) atoms. The fraction of sp³-hybridized carbons (Fsp3) is 0.750. The maximum Gasteiger partial charge on any atom is 0.303 e. The average Bonchev–Trinajstić information content (AvgIpc) is 2.81. The van der Waals surface area contributed by atoms with Crippen molar-refractivity contribution < 1.29 is 30.3 Å². The summed E-state index contributed by atoms with van der Waals surface area (Å²) in [5, 5.41) is 48.2. The Morgan fingerprint density at radius 3 is 2.50 bits per heavy atom. The fourth-order valence-electron chi connectivity index (χ4n) is 3.42. The third-order valence-corrected chi connectivity index (χ3v) is 4.93. The minimum absolute atomic E-state index is 0.110. The average molecular weight is 370 g/mol. The first-order chi connectivity index (χ1) is 12.3. The van der Waals surface area contributed by atoms with Crippen LogP contribution in [0.1, 0.15) is 58.3 Å². The van der Waals surface area contributed by atoms with Crippen molar-refractivity contribution in [1.82, 2.24) is 0 Å². The molecule has 0 aromatic carbocycles. The van der Waals surface area contributed by atoms with Crippen LogP contribution in [-0.2, 0) is 4.79 Å². The first-order valence-corrected chi connectivity index (χ1v) is 9.58. The lowest BCUT2D eigenvalue weighted by atomic mass is 9.89. The normalized spacial score (nSPS) is 28.8. The quantitative estimate of drug-likeness (QED) is 0.265. The van der Waals surface area contributed by atoms with E-state index in [1.807, 2.05) is 12.2 Å². The highest BCUT2D eigenvalue weighted by Gasteiger charge is 2.39. The van der Waals surface area contributed by atoms with Crippen molar-refractivity contribution in [1.29, 1.82) is 0 Å². The van der Waals surface area contributed by atoms with E-state index in [0.717, 1.165) is 6.42 Å². The number of unbranched alkanes of at least 4 members (excludes halogenated alkanes) is 1. The van der Waals surface area contributed by atoms with E-state index in [9.17, 15) is 25.2 Å². The molecule has 0 aromatic rings. The Labute approximate surface area is 155 Å². The standard InChI is InChI=1S/C20H34O6/c1-14(21)7-6-8-15(22)11-12-17-16(18(23)13-19(17)24)9-4-2-3-5-10-20(25)26/h2,4,11-12,14-19,21-24H,3,5-10,13H2,1H3,(H,25,26)/b4-2+,12-11+/t14-,15+,16-,17-,18+,19-/m1/s1. The Morgan fingerprint density at radius 1 is 1.12 bits per heavy atom. The van der Waals surface area contributed by atoms with Gasteiger partial charge in [-0.1, -0.05) is 24.3 Å². The van der Waals surface area contributed by atoms with Gasteiger partial charge in [-0.3, -0.25) is 4.79 Å². The van der Waals surface area contributed by atoms with Gasteiger partial charge < -0.3 is 25.5 Å². The van der Waals surface area contributed by atoms with Crippen molar-refractivity contribution in [3.8, 4) is 0 Å². The molecule has 0 aromatic heterocycles. The summed E-state index contributed by atoms with van der Waals surface area (Å²) in [6.45, 7) is 1.72. The molecule has 0 spiro atoms. The SMILES string of the molecule is C[C@@H](O)CCC[C@H](O)/C=C/[C@@H]1[C@@H](C/C=C/CCCC(=O)O)[C@@H](O)C[C@H]1O. The Hall–Kier alpha value is -1.21. The molecule has 0 aliphatic heterocycles. The predicted octanol–water partition coefficient (Wildman–Crippen LogP) is 2.01. The van der Waals surface area contributed by atoms with E-state index in [0.29, 0.717) is 38.5 Å². The summed E-state index contributed by atoms with van der Waals surface area (Å²) in [5.74, 6) is -1.12. The van der Waals surface area contributed by atoms with Crippen LogP contribution in [0.5, 0.6) is 0 Å². The number of aliphatic carboxylic acids is 1. The molecule has 0 saturated heterocycles. The summed E-state index contributed by atoms with van der Waals surface area (Å²) >= 11 is 0. The number of carboxylic acid groups (broad SMARTS) is 1. The number of carbonyl (C=O) groups is 1. The molecule has 1 fully saturated rings. The molecular weight excluding hydrogens is 336 g/mol. The minimum atomic E-state index is -0.801. The summed E-state index contributed by atoms with van der Waals surface area (Å²) < 4.78 is 0. The largest absolute Gasteiger partial charge is 0.481 e. The van der Waals surface area contributed by atoms with Gasteiger partial charge in [0.25, 0.3) is 0 Å². The molecule has 6 heteroatoms. The van der Waals surface area contributed by atoms with Gasteiger partial charge in [0.2, 0.25) is 0 Å². The Balaban J connectivity index is 2.46. The number of aliphatic hydroxyl groups excluding tert-OH is 4. The van der Waals surface area contributed by atoms with Crippen LogP contribution in [0.15, 0.2) is 24.3 Å². The minimum Gasteiger partial charge on any atom is -0.481 e. The van der Waals surface area contributed by atoms with Gasteiger partial charge in [-0.2, -0.15) is 0 Å². The van der Waals surface area contributed by atoms with Crippen LogP contribution in [0.4, 0.5) is 0 Å². The van der Waals surface area contributed by atoms with Crippen molar-refractivity contribution >= 4 is 5.97 Å². The van der Waals surface area contributed by atoms with Crippen LogP contribution in [0.3, 0.4) is 0 Å². The van der Waals surface area contributed by atoms with Gasteiger partial charge in [0.15, 0.2) is 0 Å². The van der Waals surface area contributed by atoms with Gasteiger partial charge in [-0.15, -0.1) is 0 Å². The molecule has 6 atom stereocenters. The van der Waals surface area contributed by atoms with E-state index in [1.165, 1.54) is 0 Å². The molecule has 5 N–H and O–H groups in total. The number of hydrogen-bond donors (Lipinski definition) is 5. The fourth-order valence-corrected chi connectivity index (χ4v) is 3.42. The van der Waals surface area contributed by atoms with Crippen LogP contribution < -0.4 is 0 Å². The van der Waals surface area contributed by atoms with Crippen LogP contribution in [0, 0.1) is 11.8 Å². The molecule has 0 unspecified atom stereocenters. The summed E-state index contributed by atoms with van der Waals surface area (Å²) in [6, 6.07) is 0. The number of allylic oxidation sites excluding steroid dienone is 2. The monoisotopic (exact) mass is 370 g/mol. The van der Waals surface area contributed by atoms with Crippen LogP contribution in [-0.4, -0.2) is 55.9 Å². The third-order valence-electron chi connectivity index (χ3n) is 4.93. The number of rotatable bonds is 12. The summed E-state index contributed by atoms with van der Waals surface area (Å²) in [4.78, 5) is 10.5. The van der Waals surface area contributed by atoms with Crippen molar-refractivity contribution in [3.63, 3.8) is 0 Å². The van der Waals surface area contributed by atoms with Crippen molar-refractivity contribution in [3.05, 3.63) is 24.3 Å². The first-order valence-electron chi connectivity index (χ1n) is 9.58. The molecule has 0 radical (unpaired) electrons. The van der Waals surface area contributed by atoms with E-state index in [-0.39, 0.29) is 24.4 Å². The molecule has 6 nitrogen and oxygen atoms in total. The molecule has 150 valence electrons. The molecule has 1 saturated carbocycles. The second kappa shape index (κ2) is 12.2. The van der Waals surface area contributed by atoms with E-state index in [2.05, 4.69) is 0 Å².